The Morgan fingerprint density at radius 3 is 2.69 bits per heavy atom. The van der Waals surface area contributed by atoms with Gasteiger partial charge in [0.1, 0.15) is 5.69 Å². The van der Waals surface area contributed by atoms with Gasteiger partial charge in [0.2, 0.25) is 11.9 Å². The molecule has 0 aliphatic carbocycles. The quantitative estimate of drug-likeness (QED) is 0.340. The number of anilines is 1. The summed E-state index contributed by atoms with van der Waals surface area (Å²) in [5, 5.41) is 11.3. The second kappa shape index (κ2) is 10.5. The van der Waals surface area contributed by atoms with E-state index in [4.69, 9.17) is 5.21 Å². The van der Waals surface area contributed by atoms with Crippen molar-refractivity contribution in [3.63, 3.8) is 0 Å². The molecular formula is C21H27N5O3. The maximum Gasteiger partial charge on any atom is 0.270 e. The first-order chi connectivity index (χ1) is 14.2. The normalized spacial score (nSPS) is 12.9. The van der Waals surface area contributed by atoms with Crippen molar-refractivity contribution >= 4 is 17.8 Å². The summed E-state index contributed by atoms with van der Waals surface area (Å²) in [6, 6.07) is 9.99. The van der Waals surface area contributed by atoms with Crippen LogP contribution in [0.15, 0.2) is 36.5 Å². The van der Waals surface area contributed by atoms with E-state index in [1.54, 1.807) is 17.7 Å². The molecule has 0 fully saturated rings. The lowest BCUT2D eigenvalue weighted by Crippen LogP contribution is -2.32. The number of nitrogens with zero attached hydrogens (tertiary/aromatic N) is 3. The number of rotatable bonds is 9. The molecule has 0 saturated carbocycles. The van der Waals surface area contributed by atoms with Crippen LogP contribution in [0.25, 0.3) is 0 Å². The van der Waals surface area contributed by atoms with Crippen LogP contribution in [0.5, 0.6) is 0 Å². The van der Waals surface area contributed by atoms with Crippen LogP contribution in [0.2, 0.25) is 0 Å². The maximum absolute atomic E-state index is 12.4. The minimum absolute atomic E-state index is 0.203. The van der Waals surface area contributed by atoms with Gasteiger partial charge in [-0.2, -0.15) is 0 Å². The Balaban J connectivity index is 1.45. The molecule has 0 unspecified atom stereocenters. The molecule has 8 heteroatoms. The van der Waals surface area contributed by atoms with E-state index in [2.05, 4.69) is 38.4 Å². The van der Waals surface area contributed by atoms with Gasteiger partial charge in [-0.25, -0.2) is 15.4 Å². The molecule has 2 heterocycles. The van der Waals surface area contributed by atoms with Crippen molar-refractivity contribution in [2.24, 2.45) is 0 Å². The van der Waals surface area contributed by atoms with Gasteiger partial charge in [0.25, 0.3) is 5.91 Å². The third-order valence-electron chi connectivity index (χ3n) is 5.03. The van der Waals surface area contributed by atoms with Crippen LogP contribution in [0.1, 0.15) is 53.7 Å². The first-order valence-corrected chi connectivity index (χ1v) is 10.0. The van der Waals surface area contributed by atoms with Gasteiger partial charge >= 0.3 is 0 Å². The average Bonchev–Trinajstić information content (AvgIpc) is 2.77. The third kappa shape index (κ3) is 5.99. The summed E-state index contributed by atoms with van der Waals surface area (Å²) in [6.07, 6.45) is 6.20. The van der Waals surface area contributed by atoms with Crippen LogP contribution >= 0.6 is 0 Å². The lowest BCUT2D eigenvalue weighted by Gasteiger charge is -2.28. The van der Waals surface area contributed by atoms with Crippen molar-refractivity contribution in [2.75, 3.05) is 18.0 Å². The zero-order valence-corrected chi connectivity index (χ0v) is 16.4. The largest absolute Gasteiger partial charge is 0.351 e. The SMILES string of the molecule is O=C(CCCCCCNC(=O)c1ccnc(N2CCc3ccccc3C2)n1)NO. The Morgan fingerprint density at radius 1 is 1.07 bits per heavy atom. The van der Waals surface area contributed by atoms with Crippen molar-refractivity contribution in [3.8, 4) is 0 Å². The monoisotopic (exact) mass is 397 g/mol. The van der Waals surface area contributed by atoms with Gasteiger partial charge in [-0.15, -0.1) is 0 Å². The summed E-state index contributed by atoms with van der Waals surface area (Å²) in [4.78, 5) is 34.2. The molecular weight excluding hydrogens is 370 g/mol. The number of hydrogen-bond acceptors (Lipinski definition) is 6. The molecule has 1 aliphatic rings. The number of nitrogens with one attached hydrogen (secondary N) is 2. The Labute approximate surface area is 170 Å². The number of aromatic nitrogens is 2. The second-order valence-electron chi connectivity index (χ2n) is 7.14. The molecule has 0 atom stereocenters. The van der Waals surface area contributed by atoms with Crippen LogP contribution in [0.3, 0.4) is 0 Å². The first kappa shape index (κ1) is 20.7. The Bertz CT molecular complexity index is 843. The van der Waals surface area contributed by atoms with E-state index in [1.807, 2.05) is 6.07 Å². The Hall–Kier alpha value is -3.00. The first-order valence-electron chi connectivity index (χ1n) is 10.0. The van der Waals surface area contributed by atoms with Crippen molar-refractivity contribution in [3.05, 3.63) is 53.3 Å². The van der Waals surface area contributed by atoms with Crippen LogP contribution in [0.4, 0.5) is 5.95 Å². The number of unbranched alkanes of at least 4 members (excludes halogenated alkanes) is 3. The number of hydrogen-bond donors (Lipinski definition) is 3. The zero-order valence-electron chi connectivity index (χ0n) is 16.4. The molecule has 8 nitrogen and oxygen atoms in total. The molecule has 0 bridgehead atoms. The maximum atomic E-state index is 12.4. The highest BCUT2D eigenvalue weighted by molar-refractivity contribution is 5.92. The number of benzene rings is 1. The predicted molar refractivity (Wildman–Crippen MR) is 109 cm³/mol. The van der Waals surface area contributed by atoms with Crippen LogP contribution in [-0.2, 0) is 17.8 Å². The van der Waals surface area contributed by atoms with Gasteiger partial charge < -0.3 is 10.2 Å². The van der Waals surface area contributed by atoms with Gasteiger partial charge in [0.15, 0.2) is 0 Å². The fourth-order valence-corrected chi connectivity index (χ4v) is 3.41. The van der Waals surface area contributed by atoms with Crippen molar-refractivity contribution < 1.29 is 14.8 Å². The highest BCUT2D eigenvalue weighted by Crippen LogP contribution is 2.21. The van der Waals surface area contributed by atoms with Gasteiger partial charge in [-0.05, 0) is 36.5 Å². The molecule has 3 rings (SSSR count). The lowest BCUT2D eigenvalue weighted by molar-refractivity contribution is -0.129. The summed E-state index contributed by atoms with van der Waals surface area (Å²) in [7, 11) is 0. The van der Waals surface area contributed by atoms with E-state index in [-0.39, 0.29) is 11.8 Å². The van der Waals surface area contributed by atoms with Gasteiger partial charge in [0.05, 0.1) is 0 Å². The number of amides is 2. The molecule has 1 aromatic carbocycles. The van der Waals surface area contributed by atoms with E-state index in [0.717, 1.165) is 38.8 Å². The molecule has 1 aromatic heterocycles. The van der Waals surface area contributed by atoms with E-state index in [0.29, 0.717) is 31.0 Å². The van der Waals surface area contributed by atoms with Crippen LogP contribution < -0.4 is 15.7 Å². The van der Waals surface area contributed by atoms with Gasteiger partial charge in [-0.1, -0.05) is 37.1 Å². The van der Waals surface area contributed by atoms with Crippen molar-refractivity contribution in [1.29, 1.82) is 0 Å². The second-order valence-corrected chi connectivity index (χ2v) is 7.14. The van der Waals surface area contributed by atoms with E-state index < -0.39 is 0 Å². The summed E-state index contributed by atoms with van der Waals surface area (Å²) in [5.74, 6) is 0.00935. The Morgan fingerprint density at radius 2 is 1.86 bits per heavy atom. The molecule has 2 aromatic rings. The van der Waals surface area contributed by atoms with Crippen LogP contribution in [0, 0.1) is 0 Å². The van der Waals surface area contributed by atoms with Gasteiger partial charge in [0, 0.05) is 32.3 Å². The number of carbonyl (C=O) groups is 2. The highest BCUT2D eigenvalue weighted by atomic mass is 16.5. The van der Waals surface area contributed by atoms with E-state index >= 15 is 0 Å². The van der Waals surface area contributed by atoms with Crippen LogP contribution in [-0.4, -0.2) is 40.1 Å². The number of hydroxylamine groups is 1. The van der Waals surface area contributed by atoms with E-state index in [1.165, 1.54) is 11.1 Å². The lowest BCUT2D eigenvalue weighted by atomic mass is 10.0. The topological polar surface area (TPSA) is 107 Å². The third-order valence-corrected chi connectivity index (χ3v) is 5.03. The molecule has 0 spiro atoms. The van der Waals surface area contributed by atoms with Crippen molar-refractivity contribution in [2.45, 2.75) is 45.1 Å². The number of fused-ring (bicyclic) bond motifs is 1. The van der Waals surface area contributed by atoms with E-state index in [9.17, 15) is 9.59 Å². The smallest absolute Gasteiger partial charge is 0.270 e. The summed E-state index contributed by atoms with van der Waals surface area (Å²) >= 11 is 0. The standard InChI is InChI=1S/C21H27N5O3/c27-19(25-29)9-3-1-2-6-12-22-20(28)18-10-13-23-21(24-18)26-14-11-16-7-4-5-8-17(16)15-26/h4-5,7-8,10,13,29H,1-3,6,9,11-12,14-15H2,(H,22,28)(H,25,27). The molecule has 3 N–H and O–H groups in total. The Kier molecular flexibility index (Phi) is 7.52. The summed E-state index contributed by atoms with van der Waals surface area (Å²) < 4.78 is 0. The fourth-order valence-electron chi connectivity index (χ4n) is 3.41. The number of carbonyl (C=O) groups excluding carboxylic acids is 2. The molecule has 29 heavy (non-hydrogen) atoms. The summed E-state index contributed by atoms with van der Waals surface area (Å²) in [6.45, 7) is 2.13. The predicted octanol–water partition coefficient (Wildman–Crippen LogP) is 2.23. The average molecular weight is 397 g/mol. The zero-order chi connectivity index (χ0) is 20.5. The van der Waals surface area contributed by atoms with Crippen molar-refractivity contribution in [1.82, 2.24) is 20.8 Å². The highest BCUT2D eigenvalue weighted by Gasteiger charge is 2.19. The molecule has 1 aliphatic heterocycles. The molecule has 0 radical (unpaired) electrons. The minimum Gasteiger partial charge on any atom is -0.351 e. The molecule has 0 saturated heterocycles. The van der Waals surface area contributed by atoms with Gasteiger partial charge in [-0.3, -0.25) is 14.8 Å². The summed E-state index contributed by atoms with van der Waals surface area (Å²) in [5.41, 5.74) is 4.62. The molecule has 154 valence electrons. The fraction of sp³-hybridized carbons (Fsp3) is 0.429. The minimum atomic E-state index is -0.366. The molecule has 2 amide bonds.